The van der Waals surface area contributed by atoms with Gasteiger partial charge < -0.3 is 20.2 Å². The Balaban J connectivity index is 0.00000464. The molecule has 0 unspecified atom stereocenters. The molecule has 4 N–H and O–H groups in total. The van der Waals surface area contributed by atoms with Crippen LogP contribution >= 0.6 is 0 Å². The molecule has 9 nitrogen and oxygen atoms in total. The van der Waals surface area contributed by atoms with Crippen molar-refractivity contribution in [2.75, 3.05) is 11.1 Å². The molecule has 0 radical (unpaired) electrons. The summed E-state index contributed by atoms with van der Waals surface area (Å²) in [6.45, 7) is 1.98. The molecule has 1 aliphatic carbocycles. The number of nitrogens with one attached hydrogen (secondary N) is 2. The topological polar surface area (TPSA) is 166 Å². The Kier molecular flexibility index (Phi) is 10.4. The molecule has 0 amide bonds. The zero-order valence-corrected chi connectivity index (χ0v) is 31.8. The number of hydrogen-bond donors (Lipinski definition) is 3. The summed E-state index contributed by atoms with van der Waals surface area (Å²) < 4.78 is 68.5. The van der Waals surface area contributed by atoms with Crippen molar-refractivity contribution in [1.29, 1.82) is 0 Å². The van der Waals surface area contributed by atoms with E-state index in [1.54, 1.807) is 24.3 Å². The number of benzene rings is 6. The smallest absolute Gasteiger partial charge is 0.744 e. The average molecular weight is 736 g/mol. The van der Waals surface area contributed by atoms with Crippen LogP contribution in [0.3, 0.4) is 0 Å². The molecule has 0 saturated heterocycles. The first-order valence-corrected chi connectivity index (χ1v) is 18.6. The van der Waals surface area contributed by atoms with Crippen LogP contribution in [0, 0.1) is 6.92 Å². The third-order valence-corrected chi connectivity index (χ3v) is 10.3. The van der Waals surface area contributed by atoms with E-state index in [1.807, 2.05) is 91.9 Å². The maximum absolute atomic E-state index is 11.4. The van der Waals surface area contributed by atoms with Crippen molar-refractivity contribution in [2.45, 2.75) is 16.7 Å². The molecule has 1 aliphatic rings. The Bertz CT molecular complexity index is 2720. The Morgan fingerprint density at radius 1 is 0.596 bits per heavy atom. The van der Waals surface area contributed by atoms with Crippen molar-refractivity contribution in [2.24, 2.45) is 0 Å². The van der Waals surface area contributed by atoms with Gasteiger partial charge in [-0.2, -0.15) is 0 Å². The summed E-state index contributed by atoms with van der Waals surface area (Å²) in [6.07, 6.45) is 8.06. The molecule has 7 rings (SSSR count). The van der Waals surface area contributed by atoms with E-state index >= 15 is 0 Å². The first-order chi connectivity index (χ1) is 24.3. The fraction of sp³-hybridized carbons (Fsp3) is 0.0250. The number of aryl methyl sites for hydroxylation is 1. The molecule has 0 fully saturated rings. The monoisotopic (exact) mass is 735 g/mol. The van der Waals surface area contributed by atoms with Gasteiger partial charge in [0, 0.05) is 41.3 Å². The number of nitrogen functional groups attached to an aromatic ring is 1. The van der Waals surface area contributed by atoms with Crippen molar-refractivity contribution in [3.05, 3.63) is 162 Å². The van der Waals surface area contributed by atoms with Crippen LogP contribution in [0.1, 0.15) is 16.7 Å². The maximum atomic E-state index is 11.4. The van der Waals surface area contributed by atoms with E-state index in [0.717, 1.165) is 61.4 Å². The Morgan fingerprint density at radius 3 is 1.71 bits per heavy atom. The molecule has 0 spiro atoms. The predicted molar refractivity (Wildman–Crippen MR) is 199 cm³/mol. The predicted octanol–water partition coefficient (Wildman–Crippen LogP) is 3.22. The quantitative estimate of drug-likeness (QED) is 0.128. The second-order valence-corrected chi connectivity index (χ2v) is 15.0. The van der Waals surface area contributed by atoms with Gasteiger partial charge in [-0.05, 0) is 135 Å². The second-order valence-electron chi connectivity index (χ2n) is 12.2. The number of anilines is 3. The molecule has 254 valence electrons. The van der Waals surface area contributed by atoms with E-state index in [0.29, 0.717) is 16.5 Å². The van der Waals surface area contributed by atoms with E-state index in [-0.39, 0.29) is 39.3 Å². The fourth-order valence-corrected chi connectivity index (χ4v) is 7.03. The van der Waals surface area contributed by atoms with Gasteiger partial charge in [-0.3, -0.25) is 0 Å². The third-order valence-electron chi connectivity index (χ3n) is 8.68. The SMILES string of the molecule is Cc1cc(C(=C2C=CC(=[NH+]c3ccc4cc(S(=O)(=O)[O-])ccc4c3)C=C2)c2ccc(Nc3ccc4cc(S(=O)(=O)[O-])ccc4c3)cc2)ccc1N.[Na+]. The van der Waals surface area contributed by atoms with Crippen LogP contribution in [0.4, 0.5) is 22.7 Å². The number of allylic oxidation sites excluding steroid dienone is 5. The molecule has 0 saturated carbocycles. The van der Waals surface area contributed by atoms with E-state index in [2.05, 4.69) is 16.4 Å². The van der Waals surface area contributed by atoms with Crippen molar-refractivity contribution < 1.29 is 60.5 Å². The van der Waals surface area contributed by atoms with Crippen LogP contribution in [0.2, 0.25) is 0 Å². The molecule has 0 bridgehead atoms. The van der Waals surface area contributed by atoms with E-state index in [4.69, 9.17) is 5.73 Å². The van der Waals surface area contributed by atoms with Gasteiger partial charge in [0.05, 0.1) is 9.79 Å². The molecular weight excluding hydrogens is 706 g/mol. The van der Waals surface area contributed by atoms with Crippen molar-refractivity contribution in [3.63, 3.8) is 0 Å². The molecular formula is C40H30N3NaO6S2. The molecule has 0 atom stereocenters. The van der Waals surface area contributed by atoms with Crippen molar-refractivity contribution in [1.82, 2.24) is 0 Å². The number of rotatable bonds is 7. The van der Waals surface area contributed by atoms with Crippen LogP contribution in [0.5, 0.6) is 0 Å². The summed E-state index contributed by atoms with van der Waals surface area (Å²) in [5.41, 5.74) is 15.2. The Morgan fingerprint density at radius 2 is 1.12 bits per heavy atom. The molecule has 12 heteroatoms. The van der Waals surface area contributed by atoms with Crippen LogP contribution in [-0.4, -0.2) is 31.7 Å². The molecule has 52 heavy (non-hydrogen) atoms. The standard InChI is InChI=1S/C40H31N3O6S2.Na/c1-25-20-32(10-19-39(25)41)40(26-2-11-33(12-3-26)42-35-15-6-30-23-37(50(44,45)46)17-8-28(30)21-35)27-4-13-34(14-5-27)43-36-16-7-31-24-38(51(47,48)49)18-9-29(31)22-36;/h2-24,42H,41H2,1H3,(H,44,45,46)(H,47,48,49);/q;+1/p-1. The van der Waals surface area contributed by atoms with Gasteiger partial charge in [-0.25, -0.2) is 21.8 Å². The van der Waals surface area contributed by atoms with Gasteiger partial charge in [-0.15, -0.1) is 0 Å². The first kappa shape index (κ1) is 36.9. The van der Waals surface area contributed by atoms with Gasteiger partial charge in [0.1, 0.15) is 20.2 Å². The summed E-state index contributed by atoms with van der Waals surface area (Å²) in [5, 5.41) is 6.29. The number of nitrogens with two attached hydrogens (primary N) is 1. The molecule has 0 aromatic heterocycles. The second kappa shape index (κ2) is 14.6. The summed E-state index contributed by atoms with van der Waals surface area (Å²) in [6, 6.07) is 33.7. The van der Waals surface area contributed by atoms with Crippen LogP contribution in [0.25, 0.3) is 27.1 Å². The van der Waals surface area contributed by atoms with Crippen LogP contribution < -0.4 is 45.6 Å². The summed E-state index contributed by atoms with van der Waals surface area (Å²) in [5.74, 6) is 0. The molecule has 6 aromatic rings. The van der Waals surface area contributed by atoms with Gasteiger partial charge in [0.25, 0.3) is 0 Å². The van der Waals surface area contributed by atoms with Crippen LogP contribution in [-0.2, 0) is 20.2 Å². The minimum Gasteiger partial charge on any atom is -0.744 e. The van der Waals surface area contributed by atoms with Gasteiger partial charge in [0.15, 0.2) is 0 Å². The average Bonchev–Trinajstić information content (AvgIpc) is 3.10. The normalized spacial score (nSPS) is 12.9. The van der Waals surface area contributed by atoms with E-state index < -0.39 is 20.2 Å². The third kappa shape index (κ3) is 8.11. The largest absolute Gasteiger partial charge is 1.00 e. The number of hydrogen-bond acceptors (Lipinski definition) is 8. The number of fused-ring (bicyclic) bond motifs is 2. The molecule has 0 heterocycles. The maximum Gasteiger partial charge on any atom is 1.00 e. The van der Waals surface area contributed by atoms with Gasteiger partial charge in [0.2, 0.25) is 11.4 Å². The zero-order valence-electron chi connectivity index (χ0n) is 28.1. The minimum atomic E-state index is -4.53. The minimum absolute atomic E-state index is 0. The first-order valence-electron chi connectivity index (χ1n) is 15.8. The van der Waals surface area contributed by atoms with E-state index in [9.17, 15) is 25.9 Å². The van der Waals surface area contributed by atoms with Crippen LogP contribution in [0.15, 0.2) is 155 Å². The van der Waals surface area contributed by atoms with E-state index in [1.165, 1.54) is 24.3 Å². The van der Waals surface area contributed by atoms with Gasteiger partial charge >= 0.3 is 29.6 Å². The molecule has 6 aromatic carbocycles. The summed E-state index contributed by atoms with van der Waals surface area (Å²) >= 11 is 0. The van der Waals surface area contributed by atoms with Crippen molar-refractivity contribution >= 4 is 75.8 Å². The Labute approximate surface area is 323 Å². The summed E-state index contributed by atoms with van der Waals surface area (Å²) in [4.78, 5) is 2.88. The Hall–Kier alpha value is -4.85. The zero-order chi connectivity index (χ0) is 35.9. The summed E-state index contributed by atoms with van der Waals surface area (Å²) in [7, 11) is -9.07. The van der Waals surface area contributed by atoms with Crippen molar-refractivity contribution in [3.8, 4) is 0 Å². The molecule has 0 aliphatic heterocycles. The fourth-order valence-electron chi connectivity index (χ4n) is 6.02. The van der Waals surface area contributed by atoms with Gasteiger partial charge in [-0.1, -0.05) is 36.4 Å².